The summed E-state index contributed by atoms with van der Waals surface area (Å²) >= 11 is 0. The number of hydrogen-bond acceptors (Lipinski definition) is 4. The van der Waals surface area contributed by atoms with Crippen LogP contribution in [0.4, 0.5) is 11.4 Å². The average Bonchev–Trinajstić information content (AvgIpc) is 2.76. The van der Waals surface area contributed by atoms with Crippen molar-refractivity contribution in [3.8, 4) is 0 Å². The highest BCUT2D eigenvalue weighted by Crippen LogP contribution is 2.42. The maximum absolute atomic E-state index is 13.3. The minimum absolute atomic E-state index is 0.243. The zero-order valence-electron chi connectivity index (χ0n) is 18.9. The normalized spacial score (nSPS) is 17.2. The van der Waals surface area contributed by atoms with Gasteiger partial charge in [0, 0.05) is 17.9 Å². The van der Waals surface area contributed by atoms with Crippen molar-refractivity contribution in [2.24, 2.45) is 0 Å². The molecule has 4 heteroatoms. The molecule has 0 unspecified atom stereocenters. The second-order valence-electron chi connectivity index (χ2n) is 8.62. The van der Waals surface area contributed by atoms with Gasteiger partial charge in [-0.2, -0.15) is 0 Å². The number of aryl methyl sites for hydroxylation is 2. The Kier molecular flexibility index (Phi) is 5.22. The third-order valence-corrected chi connectivity index (χ3v) is 6.26. The molecule has 0 aromatic heterocycles. The van der Waals surface area contributed by atoms with Crippen LogP contribution in [0.25, 0.3) is 5.70 Å². The first-order valence-corrected chi connectivity index (χ1v) is 11.2. The summed E-state index contributed by atoms with van der Waals surface area (Å²) in [7, 11) is 0. The molecule has 3 heterocycles. The summed E-state index contributed by atoms with van der Waals surface area (Å²) in [6.07, 6.45) is 0. The van der Waals surface area contributed by atoms with Gasteiger partial charge in [0.25, 0.3) is 0 Å². The molecule has 2 bridgehead atoms. The molecule has 3 aliphatic heterocycles. The molecule has 0 saturated carbocycles. The predicted molar refractivity (Wildman–Crippen MR) is 130 cm³/mol. The van der Waals surface area contributed by atoms with Gasteiger partial charge in [0.2, 0.25) is 0 Å². The van der Waals surface area contributed by atoms with E-state index in [9.17, 15) is 4.79 Å². The van der Waals surface area contributed by atoms with Crippen molar-refractivity contribution in [3.63, 3.8) is 0 Å². The Hall–Kier alpha value is -3.53. The fourth-order valence-corrected chi connectivity index (χ4v) is 4.87. The van der Waals surface area contributed by atoms with Crippen molar-refractivity contribution in [2.75, 3.05) is 23.0 Å². The quantitative estimate of drug-likeness (QED) is 0.511. The lowest BCUT2D eigenvalue weighted by Gasteiger charge is -2.41. The molecule has 0 N–H and O–H groups in total. The molecule has 4 nitrogen and oxygen atoms in total. The highest BCUT2D eigenvalue weighted by atomic mass is 16.5. The fourth-order valence-electron chi connectivity index (χ4n) is 4.87. The lowest BCUT2D eigenvalue weighted by atomic mass is 9.94. The van der Waals surface area contributed by atoms with Crippen molar-refractivity contribution in [3.05, 3.63) is 100 Å². The summed E-state index contributed by atoms with van der Waals surface area (Å²) in [5.74, 6) is -0.243. The van der Waals surface area contributed by atoms with E-state index in [2.05, 4.69) is 72.2 Å². The molecule has 3 aromatic rings. The molecule has 0 spiro atoms. The van der Waals surface area contributed by atoms with Gasteiger partial charge in [0.05, 0.1) is 31.0 Å². The number of anilines is 2. The van der Waals surface area contributed by atoms with Crippen LogP contribution in [0.1, 0.15) is 34.7 Å². The maximum atomic E-state index is 13.3. The fraction of sp³-hybridized carbons (Fsp3) is 0.250. The maximum Gasteiger partial charge on any atom is 0.337 e. The average molecular weight is 425 g/mol. The molecule has 0 fully saturated rings. The molecule has 0 saturated heterocycles. The largest absolute Gasteiger partial charge is 0.463 e. The van der Waals surface area contributed by atoms with Gasteiger partial charge >= 0.3 is 5.97 Å². The molecule has 32 heavy (non-hydrogen) atoms. The molecule has 3 aliphatic rings. The minimum atomic E-state index is -0.243. The SMILES string of the molecule is CCOC(=O)/C1=C(\c2ccccc2)N2Cc3cc(C)ccc3N(C1)Cc1cc(C)ccc12. The highest BCUT2D eigenvalue weighted by molar-refractivity contribution is 6.02. The molecular weight excluding hydrogens is 396 g/mol. The van der Waals surface area contributed by atoms with E-state index in [0.717, 1.165) is 23.5 Å². The Morgan fingerprint density at radius 1 is 0.844 bits per heavy atom. The standard InChI is InChI=1S/C28H28N2O2/c1-4-32-28(31)24-18-29-16-22-14-20(3)11-13-26(22)30(27(24)21-8-6-5-7-9-21)17-23-15-19(2)10-12-25(23)29/h5-15H,4,16-18H2,1-3H3/b27-24+. The molecule has 6 rings (SSSR count). The van der Waals surface area contributed by atoms with Crippen molar-refractivity contribution in [2.45, 2.75) is 33.9 Å². The van der Waals surface area contributed by atoms with Gasteiger partial charge in [-0.3, -0.25) is 0 Å². The number of nitrogens with zero attached hydrogens (tertiary/aromatic N) is 2. The van der Waals surface area contributed by atoms with Crippen LogP contribution < -0.4 is 9.80 Å². The van der Waals surface area contributed by atoms with Crippen LogP contribution in [0.2, 0.25) is 0 Å². The van der Waals surface area contributed by atoms with Gasteiger partial charge in [-0.15, -0.1) is 0 Å². The number of ether oxygens (including phenoxy) is 1. The van der Waals surface area contributed by atoms with E-state index >= 15 is 0 Å². The third-order valence-electron chi connectivity index (χ3n) is 6.26. The number of fused-ring (bicyclic) bond motifs is 1. The third kappa shape index (κ3) is 3.56. The minimum Gasteiger partial charge on any atom is -0.463 e. The lowest BCUT2D eigenvalue weighted by Crippen LogP contribution is -2.39. The van der Waals surface area contributed by atoms with Crippen LogP contribution in [0.3, 0.4) is 0 Å². The van der Waals surface area contributed by atoms with Crippen LogP contribution in [0, 0.1) is 13.8 Å². The van der Waals surface area contributed by atoms with Crippen LogP contribution in [-0.2, 0) is 22.6 Å². The van der Waals surface area contributed by atoms with Crippen molar-refractivity contribution < 1.29 is 9.53 Å². The molecule has 0 radical (unpaired) electrons. The number of esters is 1. The first kappa shape index (κ1) is 20.4. The molecule has 162 valence electrons. The van der Waals surface area contributed by atoms with E-state index in [1.807, 2.05) is 25.1 Å². The molecule has 0 atom stereocenters. The van der Waals surface area contributed by atoms with E-state index in [1.54, 1.807) is 0 Å². The first-order valence-electron chi connectivity index (χ1n) is 11.2. The molecular formula is C28H28N2O2. The monoisotopic (exact) mass is 424 g/mol. The number of rotatable bonds is 3. The Bertz CT molecular complexity index is 1210. The first-order chi connectivity index (χ1) is 15.5. The van der Waals surface area contributed by atoms with Gasteiger partial charge in [-0.1, -0.05) is 65.7 Å². The lowest BCUT2D eigenvalue weighted by molar-refractivity contribution is -0.138. The van der Waals surface area contributed by atoms with E-state index in [4.69, 9.17) is 4.74 Å². The molecule has 0 aliphatic carbocycles. The van der Waals surface area contributed by atoms with Crippen LogP contribution in [0.15, 0.2) is 72.3 Å². The van der Waals surface area contributed by atoms with Crippen LogP contribution in [0.5, 0.6) is 0 Å². The number of carbonyl (C=O) groups excluding carboxylic acids is 1. The molecule has 0 amide bonds. The Morgan fingerprint density at radius 3 is 2.19 bits per heavy atom. The smallest absolute Gasteiger partial charge is 0.337 e. The van der Waals surface area contributed by atoms with Gasteiger partial charge in [-0.25, -0.2) is 4.79 Å². The summed E-state index contributed by atoms with van der Waals surface area (Å²) in [4.78, 5) is 17.9. The van der Waals surface area contributed by atoms with E-state index in [1.165, 1.54) is 27.9 Å². The number of carbonyl (C=O) groups is 1. The van der Waals surface area contributed by atoms with Crippen LogP contribution in [-0.4, -0.2) is 19.1 Å². The van der Waals surface area contributed by atoms with Gasteiger partial charge < -0.3 is 14.5 Å². The summed E-state index contributed by atoms with van der Waals surface area (Å²) in [6.45, 7) is 8.43. The second-order valence-corrected chi connectivity index (χ2v) is 8.62. The van der Waals surface area contributed by atoms with E-state index < -0.39 is 0 Å². The van der Waals surface area contributed by atoms with E-state index in [-0.39, 0.29) is 5.97 Å². The second kappa shape index (κ2) is 8.19. The Labute approximate surface area is 189 Å². The molecule has 3 aromatic carbocycles. The van der Waals surface area contributed by atoms with Gasteiger partial charge in [0.15, 0.2) is 0 Å². The highest BCUT2D eigenvalue weighted by Gasteiger charge is 2.33. The summed E-state index contributed by atoms with van der Waals surface area (Å²) in [5.41, 5.74) is 10.0. The zero-order valence-corrected chi connectivity index (χ0v) is 18.9. The summed E-state index contributed by atoms with van der Waals surface area (Å²) in [6, 6.07) is 23.5. The zero-order chi connectivity index (χ0) is 22.2. The van der Waals surface area contributed by atoms with Crippen molar-refractivity contribution >= 4 is 23.0 Å². The van der Waals surface area contributed by atoms with Crippen molar-refractivity contribution in [1.82, 2.24) is 0 Å². The number of benzene rings is 3. The van der Waals surface area contributed by atoms with Crippen LogP contribution >= 0.6 is 0 Å². The number of hydrogen-bond donors (Lipinski definition) is 0. The topological polar surface area (TPSA) is 32.8 Å². The van der Waals surface area contributed by atoms with Gasteiger partial charge in [0.1, 0.15) is 0 Å². The Balaban J connectivity index is 1.82. The van der Waals surface area contributed by atoms with Gasteiger partial charge in [-0.05, 0) is 49.6 Å². The summed E-state index contributed by atoms with van der Waals surface area (Å²) < 4.78 is 5.56. The predicted octanol–water partition coefficient (Wildman–Crippen LogP) is 5.62. The van der Waals surface area contributed by atoms with Crippen molar-refractivity contribution in [1.29, 1.82) is 0 Å². The van der Waals surface area contributed by atoms with E-state index in [0.29, 0.717) is 25.3 Å². The Morgan fingerprint density at radius 2 is 1.50 bits per heavy atom. The summed E-state index contributed by atoms with van der Waals surface area (Å²) in [5, 5.41) is 0.